The van der Waals surface area contributed by atoms with Crippen LogP contribution in [0.4, 0.5) is 0 Å². The van der Waals surface area contributed by atoms with Crippen LogP contribution in [0.1, 0.15) is 17.0 Å². The van der Waals surface area contributed by atoms with Crippen LogP contribution in [0.2, 0.25) is 0 Å². The number of methoxy groups -OCH3 is 1. The number of hydrogen-bond acceptors (Lipinski definition) is 9. The summed E-state index contributed by atoms with van der Waals surface area (Å²) in [6.07, 6.45) is -1.20. The average molecular weight is 543 g/mol. The van der Waals surface area contributed by atoms with Crippen LogP contribution in [0, 0.1) is 13.8 Å². The van der Waals surface area contributed by atoms with Crippen molar-refractivity contribution in [2.24, 2.45) is 0 Å². The van der Waals surface area contributed by atoms with Gasteiger partial charge >= 0.3 is 0 Å². The molecule has 2 aliphatic heterocycles. The van der Waals surface area contributed by atoms with Crippen LogP contribution >= 0.6 is 0 Å². The molecule has 5 rings (SSSR count). The number of sulfonamides is 1. The molecule has 0 spiro atoms. The molecule has 1 aromatic heterocycles. The van der Waals surface area contributed by atoms with E-state index in [0.717, 1.165) is 28.1 Å². The molecular formula is C27H34N4O6S. The lowest BCUT2D eigenvalue weighted by Gasteiger charge is -2.30. The van der Waals surface area contributed by atoms with Gasteiger partial charge in [-0.3, -0.25) is 9.80 Å². The van der Waals surface area contributed by atoms with Gasteiger partial charge in [0.15, 0.2) is 0 Å². The lowest BCUT2D eigenvalue weighted by atomic mass is 10.1. The first kappa shape index (κ1) is 26.6. The summed E-state index contributed by atoms with van der Waals surface area (Å²) in [6, 6.07) is 12.6. The lowest BCUT2D eigenvalue weighted by Crippen LogP contribution is -2.47. The molecule has 2 aliphatic rings. The van der Waals surface area contributed by atoms with Gasteiger partial charge in [0.1, 0.15) is 28.3 Å². The van der Waals surface area contributed by atoms with Gasteiger partial charge in [-0.25, -0.2) is 13.1 Å². The Labute approximate surface area is 223 Å². The highest BCUT2D eigenvalue weighted by molar-refractivity contribution is 7.89. The van der Waals surface area contributed by atoms with Crippen molar-refractivity contribution >= 4 is 10.0 Å². The molecule has 3 heterocycles. The molecule has 0 unspecified atom stereocenters. The van der Waals surface area contributed by atoms with Crippen molar-refractivity contribution in [3.8, 4) is 22.6 Å². The summed E-state index contributed by atoms with van der Waals surface area (Å²) in [5, 5.41) is 14.7. The number of β-amino-alcohol motifs (C(OH)–C–C–N with tert-alkyl or cyclic N) is 1. The molecule has 0 radical (unpaired) electrons. The monoisotopic (exact) mass is 542 g/mol. The molecule has 1 saturated heterocycles. The Morgan fingerprint density at radius 3 is 2.66 bits per heavy atom. The normalized spacial score (nSPS) is 24.2. The quantitative estimate of drug-likeness (QED) is 0.512. The van der Waals surface area contributed by atoms with Crippen molar-refractivity contribution in [3.63, 3.8) is 0 Å². The van der Waals surface area contributed by atoms with E-state index in [0.29, 0.717) is 31.9 Å². The first-order valence-corrected chi connectivity index (χ1v) is 14.1. The number of aromatic nitrogens is 1. The summed E-state index contributed by atoms with van der Waals surface area (Å²) in [7, 11) is -0.385. The predicted octanol–water partition coefficient (Wildman–Crippen LogP) is 2.18. The number of benzene rings is 2. The Bertz CT molecular complexity index is 1390. The Hall–Kier alpha value is -2.96. The number of hydrogen-bond donors (Lipinski definition) is 2. The van der Waals surface area contributed by atoms with Gasteiger partial charge in [0.2, 0.25) is 10.0 Å². The van der Waals surface area contributed by atoms with E-state index >= 15 is 0 Å². The van der Waals surface area contributed by atoms with E-state index in [9.17, 15) is 13.5 Å². The Morgan fingerprint density at radius 2 is 1.92 bits per heavy atom. The number of rotatable bonds is 4. The fourth-order valence-electron chi connectivity index (χ4n) is 5.24. The van der Waals surface area contributed by atoms with E-state index in [1.807, 2.05) is 50.1 Å². The van der Waals surface area contributed by atoms with Crippen LogP contribution in [-0.4, -0.2) is 87.1 Å². The fraction of sp³-hybridized carbons (Fsp3) is 0.444. The first-order valence-electron chi connectivity index (χ1n) is 12.6. The molecule has 3 atom stereocenters. The summed E-state index contributed by atoms with van der Waals surface area (Å²) in [5.41, 5.74) is 3.59. The molecule has 3 aromatic rings. The van der Waals surface area contributed by atoms with Crippen LogP contribution in [0.15, 0.2) is 51.9 Å². The molecule has 2 aromatic carbocycles. The Balaban J connectivity index is 1.53. The van der Waals surface area contributed by atoms with Crippen molar-refractivity contribution in [1.29, 1.82) is 0 Å². The second kappa shape index (κ2) is 10.7. The minimum atomic E-state index is -3.93. The smallest absolute Gasteiger partial charge is 0.244 e. The highest BCUT2D eigenvalue weighted by atomic mass is 32.2. The lowest BCUT2D eigenvalue weighted by molar-refractivity contribution is 0.0713. The number of fused-ring (bicyclic) bond motifs is 2. The van der Waals surface area contributed by atoms with E-state index in [1.54, 1.807) is 25.3 Å². The molecule has 0 amide bonds. The molecule has 0 aliphatic carbocycles. The van der Waals surface area contributed by atoms with Gasteiger partial charge in [-0.15, -0.1) is 0 Å². The van der Waals surface area contributed by atoms with E-state index in [2.05, 4.69) is 14.8 Å². The van der Waals surface area contributed by atoms with Crippen LogP contribution in [0.25, 0.3) is 11.1 Å². The number of aryl methyl sites for hydroxylation is 2. The predicted molar refractivity (Wildman–Crippen MR) is 142 cm³/mol. The number of likely N-dealkylation sites (tertiary alicyclic amines) is 1. The number of nitrogens with zero attached hydrogens (tertiary/aromatic N) is 3. The number of nitrogens with one attached hydrogen (secondary N) is 1. The van der Waals surface area contributed by atoms with Crippen molar-refractivity contribution in [1.82, 2.24) is 19.7 Å². The van der Waals surface area contributed by atoms with Crippen LogP contribution < -0.4 is 14.2 Å². The summed E-state index contributed by atoms with van der Waals surface area (Å²) in [5.74, 6) is 1.76. The van der Waals surface area contributed by atoms with Crippen molar-refractivity contribution in [3.05, 3.63) is 59.5 Å². The molecule has 0 bridgehead atoms. The standard InChI is InChI=1S/C27H34N4O6S/c1-17-23(18(2)37-29-17)14-31-15-24-26(16-31)36-25-11-20(19-6-5-7-22(10-19)35-4)8-9-27(25)38(33,34)28-12-21(32)13-30(24)3/h5-11,21,24,26,28,32H,12-16H2,1-4H3/t21-,24+,26-/m0/s1. The maximum Gasteiger partial charge on any atom is 0.244 e. The topological polar surface area (TPSA) is 117 Å². The summed E-state index contributed by atoms with van der Waals surface area (Å²) >= 11 is 0. The Kier molecular flexibility index (Phi) is 7.47. The number of likely N-dealkylation sites (N-methyl/N-ethyl adjacent to an activating group) is 1. The van der Waals surface area contributed by atoms with Gasteiger partial charge in [-0.2, -0.15) is 0 Å². The summed E-state index contributed by atoms with van der Waals surface area (Å²) in [4.78, 5) is 4.35. The molecule has 10 nitrogen and oxygen atoms in total. The largest absolute Gasteiger partial charge is 0.497 e. The number of aliphatic hydroxyl groups is 1. The number of aliphatic hydroxyl groups excluding tert-OH is 1. The second-order valence-corrected chi connectivity index (χ2v) is 11.8. The highest BCUT2D eigenvalue weighted by Gasteiger charge is 2.39. The highest BCUT2D eigenvalue weighted by Crippen LogP contribution is 2.34. The van der Waals surface area contributed by atoms with Crippen LogP contribution in [-0.2, 0) is 16.6 Å². The zero-order valence-electron chi connectivity index (χ0n) is 22.0. The van der Waals surface area contributed by atoms with Crippen LogP contribution in [0.3, 0.4) is 0 Å². The van der Waals surface area contributed by atoms with E-state index in [-0.39, 0.29) is 29.3 Å². The molecule has 38 heavy (non-hydrogen) atoms. The summed E-state index contributed by atoms with van der Waals surface area (Å²) < 4.78 is 46.4. The van der Waals surface area contributed by atoms with E-state index in [1.165, 1.54) is 0 Å². The van der Waals surface area contributed by atoms with Gasteiger partial charge in [-0.1, -0.05) is 23.4 Å². The van der Waals surface area contributed by atoms with Gasteiger partial charge in [-0.05, 0) is 56.3 Å². The summed E-state index contributed by atoms with van der Waals surface area (Å²) in [6.45, 7) is 5.94. The maximum atomic E-state index is 13.3. The van der Waals surface area contributed by atoms with E-state index in [4.69, 9.17) is 14.0 Å². The van der Waals surface area contributed by atoms with Crippen molar-refractivity contribution in [2.75, 3.05) is 40.3 Å². The second-order valence-electron chi connectivity index (χ2n) is 10.1. The third-order valence-corrected chi connectivity index (χ3v) is 8.83. The van der Waals surface area contributed by atoms with Gasteiger partial charge < -0.3 is 19.1 Å². The zero-order valence-corrected chi connectivity index (χ0v) is 22.9. The van der Waals surface area contributed by atoms with Gasteiger partial charge in [0.05, 0.1) is 24.9 Å². The van der Waals surface area contributed by atoms with Crippen molar-refractivity contribution < 1.29 is 27.5 Å². The molecule has 1 fully saturated rings. The molecular weight excluding hydrogens is 508 g/mol. The molecule has 11 heteroatoms. The van der Waals surface area contributed by atoms with Crippen LogP contribution in [0.5, 0.6) is 11.5 Å². The third kappa shape index (κ3) is 5.43. The third-order valence-electron chi connectivity index (χ3n) is 7.36. The zero-order chi connectivity index (χ0) is 27.0. The maximum absolute atomic E-state index is 13.3. The van der Waals surface area contributed by atoms with Crippen molar-refractivity contribution in [2.45, 2.75) is 43.5 Å². The Morgan fingerprint density at radius 1 is 1.13 bits per heavy atom. The molecule has 2 N–H and O–H groups in total. The average Bonchev–Trinajstić information content (AvgIpc) is 3.44. The molecule has 204 valence electrons. The SMILES string of the molecule is COc1cccc(-c2ccc3c(c2)O[C@H]2CN(Cc4c(C)noc4C)C[C@H]2N(C)C[C@@H](O)CNS3(=O)=O)c1. The van der Waals surface area contributed by atoms with Gasteiger partial charge in [0.25, 0.3) is 0 Å². The van der Waals surface area contributed by atoms with Gasteiger partial charge in [0, 0.05) is 38.3 Å². The minimum Gasteiger partial charge on any atom is -0.497 e. The fourth-order valence-corrected chi connectivity index (χ4v) is 6.42. The van der Waals surface area contributed by atoms with E-state index < -0.39 is 16.1 Å². The molecule has 0 saturated carbocycles. The number of ether oxygens (including phenoxy) is 2. The minimum absolute atomic E-state index is 0.0452. The first-order chi connectivity index (χ1) is 18.1.